The minimum atomic E-state index is -0.0694. The summed E-state index contributed by atoms with van der Waals surface area (Å²) in [6.07, 6.45) is 9.30. The van der Waals surface area contributed by atoms with E-state index < -0.39 is 0 Å². The van der Waals surface area contributed by atoms with Gasteiger partial charge in [-0.05, 0) is 117 Å². The van der Waals surface area contributed by atoms with Crippen molar-refractivity contribution in [3.05, 3.63) is 59.7 Å². The van der Waals surface area contributed by atoms with Gasteiger partial charge >= 0.3 is 0 Å². The highest BCUT2D eigenvalue weighted by Crippen LogP contribution is 2.59. The van der Waals surface area contributed by atoms with Gasteiger partial charge in [-0.3, -0.25) is 0 Å². The first-order valence-electron chi connectivity index (χ1n) is 11.7. The van der Waals surface area contributed by atoms with Crippen LogP contribution in [0.3, 0.4) is 0 Å². The van der Waals surface area contributed by atoms with Gasteiger partial charge in [-0.1, -0.05) is 24.3 Å². The molecule has 0 aliphatic heterocycles. The lowest BCUT2D eigenvalue weighted by atomic mass is 9.59. The molecular formula is C28H34O2S. The fourth-order valence-electron chi connectivity index (χ4n) is 6.88. The Kier molecular flexibility index (Phi) is 5.37. The maximum atomic E-state index is 10.3. The summed E-state index contributed by atoms with van der Waals surface area (Å²) in [6, 6.07) is 12.8. The van der Waals surface area contributed by atoms with Crippen LogP contribution in [0.1, 0.15) is 68.6 Å². The molecule has 2 aromatic rings. The maximum Gasteiger partial charge on any atom is 0.129 e. The van der Waals surface area contributed by atoms with Gasteiger partial charge < -0.3 is 9.84 Å². The van der Waals surface area contributed by atoms with Crippen LogP contribution in [0.2, 0.25) is 0 Å². The zero-order valence-corrected chi connectivity index (χ0v) is 19.8. The second kappa shape index (κ2) is 7.92. The van der Waals surface area contributed by atoms with E-state index in [1.807, 2.05) is 13.0 Å². The van der Waals surface area contributed by atoms with Gasteiger partial charge in [-0.25, -0.2) is 0 Å². The van der Waals surface area contributed by atoms with Gasteiger partial charge in [0.2, 0.25) is 0 Å². The zero-order valence-electron chi connectivity index (χ0n) is 19.0. The van der Waals surface area contributed by atoms with Crippen LogP contribution in [0.4, 0.5) is 0 Å². The molecule has 2 nitrogen and oxygen atoms in total. The fraction of sp³-hybridized carbons (Fsp3) is 0.500. The Morgan fingerprint density at radius 1 is 1.10 bits per heavy atom. The second-order valence-corrected chi connectivity index (χ2v) is 11.0. The molecule has 0 amide bonds. The molecule has 0 radical (unpaired) electrons. The van der Waals surface area contributed by atoms with Crippen molar-refractivity contribution in [2.24, 2.45) is 17.8 Å². The number of ether oxygens (including phenoxy) is 1. The van der Waals surface area contributed by atoms with Crippen LogP contribution >= 0.6 is 11.8 Å². The maximum absolute atomic E-state index is 10.3. The lowest BCUT2D eigenvalue weighted by Crippen LogP contribution is -2.44. The highest BCUT2D eigenvalue weighted by atomic mass is 32.2. The largest absolute Gasteiger partial charge is 0.507 e. The van der Waals surface area contributed by atoms with Crippen LogP contribution in [-0.4, -0.2) is 17.0 Å². The topological polar surface area (TPSA) is 29.5 Å². The average Bonchev–Trinajstić information content (AvgIpc) is 3.10. The van der Waals surface area contributed by atoms with E-state index in [0.717, 1.165) is 40.9 Å². The van der Waals surface area contributed by atoms with Crippen molar-refractivity contribution < 1.29 is 9.84 Å². The Hall–Kier alpha value is -1.87. The molecule has 5 rings (SSSR count). The zero-order chi connectivity index (χ0) is 21.8. The number of benzene rings is 2. The van der Waals surface area contributed by atoms with E-state index >= 15 is 0 Å². The number of aromatic hydroxyl groups is 1. The second-order valence-electron chi connectivity index (χ2n) is 10.1. The van der Waals surface area contributed by atoms with Crippen LogP contribution in [0, 0.1) is 17.8 Å². The molecule has 0 heterocycles. The Bertz CT molecular complexity index is 995. The first-order valence-corrected chi connectivity index (χ1v) is 13.0. The molecular weight excluding hydrogens is 400 g/mol. The van der Waals surface area contributed by atoms with Crippen LogP contribution in [0.5, 0.6) is 11.5 Å². The molecule has 164 valence electrons. The number of hydrogen-bond donors (Lipinski definition) is 1. The summed E-state index contributed by atoms with van der Waals surface area (Å²) in [5, 5.41) is 10.3. The van der Waals surface area contributed by atoms with E-state index in [-0.39, 0.29) is 5.60 Å². The van der Waals surface area contributed by atoms with Gasteiger partial charge in [0.25, 0.3) is 0 Å². The summed E-state index contributed by atoms with van der Waals surface area (Å²) >= 11 is 1.66. The van der Waals surface area contributed by atoms with Gasteiger partial charge in [-0.15, -0.1) is 11.8 Å². The lowest BCUT2D eigenvalue weighted by Gasteiger charge is -2.47. The first kappa shape index (κ1) is 21.0. The van der Waals surface area contributed by atoms with E-state index in [2.05, 4.69) is 50.1 Å². The van der Waals surface area contributed by atoms with Gasteiger partial charge in [0, 0.05) is 10.8 Å². The molecule has 0 spiro atoms. The Balaban J connectivity index is 1.37. The molecule has 31 heavy (non-hydrogen) atoms. The third-order valence-electron chi connectivity index (χ3n) is 8.42. The summed E-state index contributed by atoms with van der Waals surface area (Å²) in [6.45, 7) is 8.44. The normalized spacial score (nSPS) is 31.5. The predicted molar refractivity (Wildman–Crippen MR) is 130 cm³/mol. The number of rotatable bonds is 4. The average molecular weight is 435 g/mol. The molecule has 2 fully saturated rings. The number of thioether (sulfide) groups is 1. The molecule has 3 aliphatic rings. The Labute approximate surface area is 191 Å². The van der Waals surface area contributed by atoms with Gasteiger partial charge in [0.05, 0.1) is 0 Å². The molecule has 2 saturated carbocycles. The van der Waals surface area contributed by atoms with E-state index in [0.29, 0.717) is 17.6 Å². The number of aryl methyl sites for hydroxylation is 1. The fourth-order valence-corrected chi connectivity index (χ4v) is 7.39. The van der Waals surface area contributed by atoms with E-state index in [1.54, 1.807) is 11.8 Å². The first-order chi connectivity index (χ1) is 14.9. The quantitative estimate of drug-likeness (QED) is 0.507. The van der Waals surface area contributed by atoms with Crippen molar-refractivity contribution in [1.82, 2.24) is 0 Å². The lowest BCUT2D eigenvalue weighted by molar-refractivity contribution is -0.000219. The van der Waals surface area contributed by atoms with Crippen molar-refractivity contribution >= 4 is 17.3 Å². The monoisotopic (exact) mass is 434 g/mol. The molecule has 5 atom stereocenters. The standard InChI is InChI=1S/C28H34O2S/c1-17(2)18-5-8-20(9-6-18)30-28(3)14-13-23-21-10-7-19-15-26(29)27(31-4)16-24(19)22(21)11-12-25(23)28/h5-6,8-9,15-16,21-23,25,29H,1,7,10-14H2,2-4H3/t21?,22?,23?,25?,28-/m0/s1. The van der Waals surface area contributed by atoms with Gasteiger partial charge in [0.1, 0.15) is 17.1 Å². The van der Waals surface area contributed by atoms with Gasteiger partial charge in [-0.2, -0.15) is 0 Å². The number of fused-ring (bicyclic) bond motifs is 5. The van der Waals surface area contributed by atoms with Crippen molar-refractivity contribution in [2.75, 3.05) is 6.26 Å². The summed E-state index contributed by atoms with van der Waals surface area (Å²) in [5.74, 6) is 4.23. The summed E-state index contributed by atoms with van der Waals surface area (Å²) in [7, 11) is 0. The number of hydrogen-bond acceptors (Lipinski definition) is 3. The minimum absolute atomic E-state index is 0.0694. The Morgan fingerprint density at radius 3 is 2.58 bits per heavy atom. The number of allylic oxidation sites excluding steroid dienone is 1. The molecule has 4 unspecified atom stereocenters. The summed E-state index contributed by atoms with van der Waals surface area (Å²) in [5.41, 5.74) is 5.10. The number of phenols is 1. The summed E-state index contributed by atoms with van der Waals surface area (Å²) < 4.78 is 6.70. The van der Waals surface area contributed by atoms with Crippen molar-refractivity contribution in [1.29, 1.82) is 0 Å². The van der Waals surface area contributed by atoms with E-state index in [9.17, 15) is 5.11 Å². The van der Waals surface area contributed by atoms with Gasteiger partial charge in [0.15, 0.2) is 0 Å². The van der Waals surface area contributed by atoms with E-state index in [1.165, 1.54) is 42.4 Å². The summed E-state index contributed by atoms with van der Waals surface area (Å²) in [4.78, 5) is 1.03. The van der Waals surface area contributed by atoms with Crippen molar-refractivity contribution in [3.8, 4) is 11.5 Å². The molecule has 0 saturated heterocycles. The third-order valence-corrected chi connectivity index (χ3v) is 9.18. The van der Waals surface area contributed by atoms with Crippen LogP contribution in [0.15, 0.2) is 47.9 Å². The molecule has 3 heteroatoms. The molecule has 1 N–H and O–H groups in total. The molecule has 0 aromatic heterocycles. The van der Waals surface area contributed by atoms with E-state index in [4.69, 9.17) is 4.74 Å². The highest BCUT2D eigenvalue weighted by molar-refractivity contribution is 7.98. The van der Waals surface area contributed by atoms with Crippen LogP contribution in [-0.2, 0) is 6.42 Å². The molecule has 2 aromatic carbocycles. The van der Waals surface area contributed by atoms with Crippen LogP contribution < -0.4 is 4.74 Å². The SMILES string of the molecule is C=C(C)c1ccc(O[C@@]2(C)CCC3C4CCc5cc(O)c(SC)cc5C4CCC32)cc1. The Morgan fingerprint density at radius 2 is 1.87 bits per heavy atom. The van der Waals surface area contributed by atoms with Crippen molar-refractivity contribution in [2.45, 2.75) is 68.8 Å². The predicted octanol–water partition coefficient (Wildman–Crippen LogP) is 7.45. The third kappa shape index (κ3) is 3.59. The molecule has 3 aliphatic carbocycles. The van der Waals surface area contributed by atoms with Crippen LogP contribution in [0.25, 0.3) is 5.57 Å². The smallest absolute Gasteiger partial charge is 0.129 e. The molecule has 0 bridgehead atoms. The minimum Gasteiger partial charge on any atom is -0.507 e. The number of phenolic OH excluding ortho intramolecular Hbond substituents is 1. The highest BCUT2D eigenvalue weighted by Gasteiger charge is 2.54. The van der Waals surface area contributed by atoms with Crippen molar-refractivity contribution in [3.63, 3.8) is 0 Å².